The average Bonchev–Trinajstić information content (AvgIpc) is 3.41. The molecule has 4 fully saturated rings. The fraction of sp³-hybridized carbons (Fsp3) is 0.909. The van der Waals surface area contributed by atoms with Crippen LogP contribution in [0, 0.1) is 29.6 Å². The summed E-state index contributed by atoms with van der Waals surface area (Å²) in [5.41, 5.74) is 0. The van der Waals surface area contributed by atoms with Gasteiger partial charge in [-0.15, -0.1) is 0 Å². The lowest BCUT2D eigenvalue weighted by Gasteiger charge is -2.38. The Labute approximate surface area is 344 Å². The van der Waals surface area contributed by atoms with E-state index in [1.807, 2.05) is 16.7 Å². The number of piperidine rings is 1. The van der Waals surface area contributed by atoms with E-state index in [1.165, 1.54) is 44.9 Å². The summed E-state index contributed by atoms with van der Waals surface area (Å²) in [7, 11) is 0. The summed E-state index contributed by atoms with van der Waals surface area (Å²) < 4.78 is 47.9. The summed E-state index contributed by atoms with van der Waals surface area (Å²) in [5.74, 6) is 2.63. The summed E-state index contributed by atoms with van der Waals surface area (Å²) in [6.07, 6.45) is 6.49. The Morgan fingerprint density at radius 3 is 1.42 bits per heavy atom. The normalized spacial score (nSPS) is 22.0. The molecule has 10 nitrogen and oxygen atoms in total. The Balaban J connectivity index is 0.000000381. The Kier molecular flexibility index (Phi) is 25.3. The third kappa shape index (κ3) is 21.4. The zero-order chi connectivity index (χ0) is 43.3. The number of alkyl halides is 3. The van der Waals surface area contributed by atoms with Gasteiger partial charge in [0.25, 0.3) is 0 Å². The van der Waals surface area contributed by atoms with Gasteiger partial charge in [-0.25, -0.2) is 0 Å². The minimum absolute atomic E-state index is 0.0235. The van der Waals surface area contributed by atoms with Crippen LogP contribution >= 0.6 is 0 Å². The van der Waals surface area contributed by atoms with Crippen LogP contribution in [0.1, 0.15) is 147 Å². The van der Waals surface area contributed by atoms with Crippen LogP contribution in [0.3, 0.4) is 0 Å². The van der Waals surface area contributed by atoms with Crippen molar-refractivity contribution in [3.8, 4) is 0 Å². The number of carbonyl (C=O) groups excluding carboxylic acids is 4. The zero-order valence-corrected chi connectivity index (χ0v) is 37.6. The Morgan fingerprint density at radius 2 is 0.965 bits per heavy atom. The molecular formula is C44H81F3N4O6. The highest BCUT2D eigenvalue weighted by molar-refractivity contribution is 5.78. The molecular weight excluding hydrogens is 738 g/mol. The zero-order valence-electron chi connectivity index (χ0n) is 37.6. The molecule has 4 heterocycles. The highest BCUT2D eigenvalue weighted by atomic mass is 19.4. The summed E-state index contributed by atoms with van der Waals surface area (Å²) in [6, 6.07) is -1.04. The monoisotopic (exact) mass is 819 g/mol. The molecule has 0 N–H and O–H groups in total. The average molecular weight is 819 g/mol. The first-order chi connectivity index (χ1) is 26.6. The first-order valence-corrected chi connectivity index (χ1v) is 22.0. The number of hydrogen-bond acceptors (Lipinski definition) is 6. The fourth-order valence-electron chi connectivity index (χ4n) is 7.43. The number of carbonyl (C=O) groups is 4. The molecule has 0 radical (unpaired) electrons. The van der Waals surface area contributed by atoms with E-state index in [1.54, 1.807) is 13.8 Å². The van der Waals surface area contributed by atoms with Crippen LogP contribution in [0.5, 0.6) is 0 Å². The first-order valence-electron chi connectivity index (χ1n) is 22.0. The van der Waals surface area contributed by atoms with Gasteiger partial charge in [0.2, 0.25) is 23.6 Å². The van der Waals surface area contributed by atoms with Gasteiger partial charge in [-0.1, -0.05) is 82.1 Å². The molecule has 4 amide bonds. The minimum Gasteiger partial charge on any atom is -0.377 e. The highest BCUT2D eigenvalue weighted by Crippen LogP contribution is 2.28. The lowest BCUT2D eigenvalue weighted by atomic mass is 9.92. The Hall–Kier alpha value is -2.41. The SMILES string of the molecule is CC(C)CC(=O)N1CCCCC1C(C)C.CC(C)CC(=O)N1CCCCCC1.CC(C)CC(=O)N1CCOCC1C.CC(C)CC(=O)N1CCOCC1C(F)(F)F. The third-order valence-corrected chi connectivity index (χ3v) is 10.4. The van der Waals surface area contributed by atoms with Gasteiger partial charge in [0, 0.05) is 64.4 Å². The molecule has 13 heteroatoms. The maximum absolute atomic E-state index is 12.6. The van der Waals surface area contributed by atoms with E-state index in [2.05, 4.69) is 60.3 Å². The molecule has 3 unspecified atom stereocenters. The summed E-state index contributed by atoms with van der Waals surface area (Å²) in [5, 5.41) is 0. The van der Waals surface area contributed by atoms with Gasteiger partial charge in [-0.2, -0.15) is 13.2 Å². The molecule has 0 aliphatic carbocycles. The van der Waals surface area contributed by atoms with Crippen molar-refractivity contribution in [2.24, 2.45) is 29.6 Å². The maximum Gasteiger partial charge on any atom is 0.411 e. The predicted octanol–water partition coefficient (Wildman–Crippen LogP) is 8.61. The molecule has 0 aromatic rings. The molecule has 4 rings (SSSR count). The second-order valence-electron chi connectivity index (χ2n) is 18.3. The van der Waals surface area contributed by atoms with E-state index in [0.717, 1.165) is 37.5 Å². The minimum atomic E-state index is -4.41. The molecule has 57 heavy (non-hydrogen) atoms. The number of likely N-dealkylation sites (tertiary alicyclic amines) is 2. The van der Waals surface area contributed by atoms with Crippen molar-refractivity contribution in [2.45, 2.75) is 171 Å². The number of halogens is 3. The lowest BCUT2D eigenvalue weighted by Crippen LogP contribution is -2.55. The second-order valence-corrected chi connectivity index (χ2v) is 18.3. The number of ether oxygens (including phenoxy) is 2. The lowest BCUT2D eigenvalue weighted by molar-refractivity contribution is -0.213. The van der Waals surface area contributed by atoms with Gasteiger partial charge < -0.3 is 29.1 Å². The van der Waals surface area contributed by atoms with Gasteiger partial charge in [-0.05, 0) is 68.6 Å². The van der Waals surface area contributed by atoms with Crippen LogP contribution in [0.4, 0.5) is 13.2 Å². The van der Waals surface area contributed by atoms with Crippen molar-refractivity contribution >= 4 is 23.6 Å². The van der Waals surface area contributed by atoms with Crippen LogP contribution in [-0.2, 0) is 28.7 Å². The molecule has 4 aliphatic rings. The van der Waals surface area contributed by atoms with Crippen molar-refractivity contribution < 1.29 is 41.8 Å². The number of rotatable bonds is 9. The van der Waals surface area contributed by atoms with Crippen molar-refractivity contribution in [1.82, 2.24) is 19.6 Å². The smallest absolute Gasteiger partial charge is 0.377 e. The van der Waals surface area contributed by atoms with Gasteiger partial charge in [-0.3, -0.25) is 19.2 Å². The second kappa shape index (κ2) is 27.4. The maximum atomic E-state index is 12.6. The molecule has 4 aliphatic heterocycles. The number of amides is 4. The van der Waals surface area contributed by atoms with Crippen molar-refractivity contribution in [3.05, 3.63) is 0 Å². The molecule has 0 aromatic carbocycles. The summed E-state index contributed by atoms with van der Waals surface area (Å²) in [6.45, 7) is 27.5. The molecule has 0 aromatic heterocycles. The molecule has 334 valence electrons. The Bertz CT molecular complexity index is 1160. The third-order valence-electron chi connectivity index (χ3n) is 10.4. The molecule has 3 atom stereocenters. The molecule has 0 spiro atoms. The van der Waals surface area contributed by atoms with Crippen molar-refractivity contribution in [2.75, 3.05) is 59.2 Å². The largest absolute Gasteiger partial charge is 0.411 e. The van der Waals surface area contributed by atoms with Gasteiger partial charge in [0.05, 0.1) is 32.5 Å². The standard InChI is InChI=1S/C13H25NO.C11H21NO.C10H16F3NO2.C10H19NO2/c1-10(2)9-13(15)14-8-6-5-7-12(14)11(3)4;1-10(2)9-11(13)12-7-5-3-4-6-8-12;1-7(2)5-9(15)14-3-4-16-6-8(14)10(11,12)13;1-8(2)6-10(12)11-4-5-13-7-9(11)3/h10-12H,5-9H2,1-4H3;10H,3-9H2,1-2H3;7-8H,3-6H2,1-2H3;8-9H,4-7H2,1-3H3. The molecule has 4 saturated heterocycles. The van der Waals surface area contributed by atoms with Crippen molar-refractivity contribution in [1.29, 1.82) is 0 Å². The fourth-order valence-corrected chi connectivity index (χ4v) is 7.43. The van der Waals surface area contributed by atoms with E-state index in [0.29, 0.717) is 67.6 Å². The summed E-state index contributed by atoms with van der Waals surface area (Å²) in [4.78, 5) is 54.1. The quantitative estimate of drug-likeness (QED) is 0.231. The highest BCUT2D eigenvalue weighted by Gasteiger charge is 2.47. The van der Waals surface area contributed by atoms with E-state index < -0.39 is 24.7 Å². The molecule has 0 saturated carbocycles. The van der Waals surface area contributed by atoms with Crippen LogP contribution in [0.15, 0.2) is 0 Å². The van der Waals surface area contributed by atoms with Crippen LogP contribution in [0.25, 0.3) is 0 Å². The van der Waals surface area contributed by atoms with Crippen LogP contribution < -0.4 is 0 Å². The molecule has 0 bridgehead atoms. The van der Waals surface area contributed by atoms with Crippen LogP contribution in [0.2, 0.25) is 0 Å². The van der Waals surface area contributed by atoms with Crippen LogP contribution in [-0.4, -0.2) is 127 Å². The van der Waals surface area contributed by atoms with Crippen molar-refractivity contribution in [3.63, 3.8) is 0 Å². The number of morpholine rings is 2. The first kappa shape index (κ1) is 52.6. The topological polar surface area (TPSA) is 99.7 Å². The van der Waals surface area contributed by atoms with E-state index in [9.17, 15) is 32.3 Å². The Morgan fingerprint density at radius 1 is 0.544 bits per heavy atom. The van der Waals surface area contributed by atoms with E-state index in [4.69, 9.17) is 9.47 Å². The van der Waals surface area contributed by atoms with Gasteiger partial charge in [0.15, 0.2) is 6.04 Å². The number of hydrogen-bond donors (Lipinski definition) is 0. The predicted molar refractivity (Wildman–Crippen MR) is 221 cm³/mol. The van der Waals surface area contributed by atoms with Gasteiger partial charge >= 0.3 is 6.18 Å². The summed E-state index contributed by atoms with van der Waals surface area (Å²) >= 11 is 0. The van der Waals surface area contributed by atoms with E-state index in [-0.39, 0.29) is 37.4 Å². The van der Waals surface area contributed by atoms with Gasteiger partial charge in [0.1, 0.15) is 0 Å². The van der Waals surface area contributed by atoms with E-state index >= 15 is 0 Å². The number of nitrogens with zero attached hydrogens (tertiary/aromatic N) is 4.